The molecule has 1 aromatic heterocycles. The molecule has 4 rings (SSSR count). The van der Waals surface area contributed by atoms with Crippen LogP contribution in [0, 0.1) is 17.2 Å². The molecule has 0 radical (unpaired) electrons. The highest BCUT2D eigenvalue weighted by molar-refractivity contribution is 7.89. The number of carbonyl (C=O) groups is 3. The molecule has 40 heavy (non-hydrogen) atoms. The highest BCUT2D eigenvalue weighted by Gasteiger charge is 2.35. The van der Waals surface area contributed by atoms with Crippen molar-refractivity contribution in [2.45, 2.75) is 50.1 Å². The van der Waals surface area contributed by atoms with Crippen LogP contribution >= 0.6 is 0 Å². The van der Waals surface area contributed by atoms with Crippen molar-refractivity contribution in [2.75, 3.05) is 13.1 Å². The number of rotatable bonds is 8. The minimum absolute atomic E-state index is 0.00226. The van der Waals surface area contributed by atoms with Crippen molar-refractivity contribution in [2.24, 2.45) is 13.0 Å². The SMILES string of the molecule is CC(C)C[C@H](NC(=O)c1cc2ccccc2n1C)C(=O)N[C@@H]1CCCN(S(=O)(=O)c2ccccc2C#N)CC1=O. The molecule has 11 heteroatoms. The van der Waals surface area contributed by atoms with Gasteiger partial charge in [0.1, 0.15) is 17.8 Å². The molecule has 210 valence electrons. The van der Waals surface area contributed by atoms with Crippen LogP contribution in [0.2, 0.25) is 0 Å². The van der Waals surface area contributed by atoms with Gasteiger partial charge in [-0.2, -0.15) is 9.57 Å². The molecule has 2 aromatic carbocycles. The topological polar surface area (TPSA) is 141 Å². The molecular formula is C29H33N5O5S. The first-order valence-corrected chi connectivity index (χ1v) is 14.6. The number of nitriles is 1. The minimum atomic E-state index is -4.09. The molecule has 1 aliphatic heterocycles. The number of nitrogens with one attached hydrogen (secondary N) is 2. The molecule has 0 saturated carbocycles. The predicted octanol–water partition coefficient (Wildman–Crippen LogP) is 2.73. The van der Waals surface area contributed by atoms with E-state index in [2.05, 4.69) is 10.6 Å². The maximum absolute atomic E-state index is 13.4. The lowest BCUT2D eigenvalue weighted by molar-refractivity contribution is -0.129. The second-order valence-electron chi connectivity index (χ2n) is 10.4. The van der Waals surface area contributed by atoms with E-state index in [4.69, 9.17) is 0 Å². The van der Waals surface area contributed by atoms with Gasteiger partial charge in [0.05, 0.1) is 23.0 Å². The van der Waals surface area contributed by atoms with E-state index in [-0.39, 0.29) is 29.3 Å². The minimum Gasteiger partial charge on any atom is -0.344 e. The van der Waals surface area contributed by atoms with Crippen LogP contribution in [0.1, 0.15) is 49.2 Å². The summed E-state index contributed by atoms with van der Waals surface area (Å²) >= 11 is 0. The third kappa shape index (κ3) is 6.08. The van der Waals surface area contributed by atoms with Crippen molar-refractivity contribution in [3.8, 4) is 6.07 Å². The van der Waals surface area contributed by atoms with E-state index >= 15 is 0 Å². The summed E-state index contributed by atoms with van der Waals surface area (Å²) in [6, 6.07) is 15.3. The van der Waals surface area contributed by atoms with Crippen LogP contribution in [0.25, 0.3) is 10.9 Å². The van der Waals surface area contributed by atoms with Gasteiger partial charge in [0.25, 0.3) is 5.91 Å². The Labute approximate surface area is 234 Å². The smallest absolute Gasteiger partial charge is 0.268 e. The summed E-state index contributed by atoms with van der Waals surface area (Å²) in [6.07, 6.45) is 0.942. The molecule has 3 aromatic rings. The average molecular weight is 564 g/mol. The van der Waals surface area contributed by atoms with Gasteiger partial charge in [0.2, 0.25) is 15.9 Å². The lowest BCUT2D eigenvalue weighted by Gasteiger charge is -2.24. The number of para-hydroxylation sites is 1. The van der Waals surface area contributed by atoms with Gasteiger partial charge in [0, 0.05) is 24.5 Å². The number of hydrogen-bond donors (Lipinski definition) is 2. The molecule has 0 unspecified atom stereocenters. The van der Waals surface area contributed by atoms with E-state index in [1.54, 1.807) is 23.7 Å². The first-order chi connectivity index (χ1) is 19.0. The van der Waals surface area contributed by atoms with E-state index in [1.165, 1.54) is 18.2 Å². The third-order valence-electron chi connectivity index (χ3n) is 7.08. The van der Waals surface area contributed by atoms with E-state index in [9.17, 15) is 28.1 Å². The van der Waals surface area contributed by atoms with Gasteiger partial charge in [-0.25, -0.2) is 8.42 Å². The Morgan fingerprint density at radius 3 is 2.52 bits per heavy atom. The second-order valence-corrected chi connectivity index (χ2v) is 12.3. The van der Waals surface area contributed by atoms with Crippen LogP contribution in [-0.2, 0) is 26.7 Å². The zero-order valence-electron chi connectivity index (χ0n) is 22.8. The lowest BCUT2D eigenvalue weighted by Crippen LogP contribution is -2.52. The fourth-order valence-corrected chi connectivity index (χ4v) is 6.58. The van der Waals surface area contributed by atoms with Gasteiger partial charge in [-0.05, 0) is 49.4 Å². The number of amides is 2. The van der Waals surface area contributed by atoms with E-state index < -0.39 is 46.2 Å². The van der Waals surface area contributed by atoms with E-state index in [1.807, 2.05) is 44.2 Å². The molecule has 1 saturated heterocycles. The van der Waals surface area contributed by atoms with Gasteiger partial charge in [-0.15, -0.1) is 0 Å². The number of nitrogens with zero attached hydrogens (tertiary/aromatic N) is 3. The molecule has 1 aliphatic rings. The Morgan fingerprint density at radius 1 is 1.12 bits per heavy atom. The number of fused-ring (bicyclic) bond motifs is 1. The van der Waals surface area contributed by atoms with Crippen molar-refractivity contribution in [3.63, 3.8) is 0 Å². The largest absolute Gasteiger partial charge is 0.344 e. The first kappa shape index (κ1) is 29.0. The Morgan fingerprint density at radius 2 is 1.82 bits per heavy atom. The number of benzene rings is 2. The number of hydrogen-bond acceptors (Lipinski definition) is 6. The van der Waals surface area contributed by atoms with Crippen molar-refractivity contribution in [1.82, 2.24) is 19.5 Å². The normalized spacial score (nSPS) is 17.3. The number of aryl methyl sites for hydroxylation is 1. The third-order valence-corrected chi connectivity index (χ3v) is 8.98. The highest BCUT2D eigenvalue weighted by Crippen LogP contribution is 2.23. The Hall–Kier alpha value is -4.01. The number of Topliss-reactive ketones (excluding diaryl/α,β-unsaturated/α-hetero) is 1. The maximum Gasteiger partial charge on any atom is 0.268 e. The first-order valence-electron chi connectivity index (χ1n) is 13.2. The average Bonchev–Trinajstić information content (AvgIpc) is 3.15. The van der Waals surface area contributed by atoms with Gasteiger partial charge >= 0.3 is 0 Å². The van der Waals surface area contributed by atoms with Gasteiger partial charge in [-0.1, -0.05) is 44.2 Å². The summed E-state index contributed by atoms with van der Waals surface area (Å²) in [5.41, 5.74) is 1.30. The molecular weight excluding hydrogens is 530 g/mol. The van der Waals surface area contributed by atoms with Crippen molar-refractivity contribution >= 4 is 38.5 Å². The van der Waals surface area contributed by atoms with Crippen LogP contribution in [0.4, 0.5) is 0 Å². The molecule has 2 N–H and O–H groups in total. The van der Waals surface area contributed by atoms with Gasteiger partial charge in [0.15, 0.2) is 5.78 Å². The zero-order chi connectivity index (χ0) is 29.0. The van der Waals surface area contributed by atoms with Crippen LogP contribution < -0.4 is 10.6 Å². The molecule has 2 amide bonds. The predicted molar refractivity (Wildman–Crippen MR) is 150 cm³/mol. The summed E-state index contributed by atoms with van der Waals surface area (Å²) in [5, 5.41) is 15.9. The molecule has 2 heterocycles. The summed E-state index contributed by atoms with van der Waals surface area (Å²) in [4.78, 5) is 39.6. The Balaban J connectivity index is 1.48. The van der Waals surface area contributed by atoms with Crippen LogP contribution in [-0.4, -0.2) is 60.1 Å². The monoisotopic (exact) mass is 563 g/mol. The highest BCUT2D eigenvalue weighted by atomic mass is 32.2. The number of carbonyl (C=O) groups excluding carboxylic acids is 3. The summed E-state index contributed by atoms with van der Waals surface area (Å²) < 4.78 is 29.3. The molecule has 0 aliphatic carbocycles. The molecule has 2 atom stereocenters. The van der Waals surface area contributed by atoms with Crippen LogP contribution in [0.5, 0.6) is 0 Å². The van der Waals surface area contributed by atoms with Crippen molar-refractivity contribution in [3.05, 3.63) is 65.9 Å². The zero-order valence-corrected chi connectivity index (χ0v) is 23.6. The van der Waals surface area contributed by atoms with E-state index in [0.717, 1.165) is 15.2 Å². The fraction of sp³-hybridized carbons (Fsp3) is 0.379. The molecule has 10 nitrogen and oxygen atoms in total. The van der Waals surface area contributed by atoms with Crippen molar-refractivity contribution in [1.29, 1.82) is 5.26 Å². The van der Waals surface area contributed by atoms with Crippen molar-refractivity contribution < 1.29 is 22.8 Å². The summed E-state index contributed by atoms with van der Waals surface area (Å²) in [6.45, 7) is 3.52. The van der Waals surface area contributed by atoms with E-state index in [0.29, 0.717) is 18.5 Å². The molecule has 1 fully saturated rings. The fourth-order valence-electron chi connectivity index (χ4n) is 4.99. The maximum atomic E-state index is 13.4. The van der Waals surface area contributed by atoms with Crippen LogP contribution in [0.3, 0.4) is 0 Å². The quantitative estimate of drug-likeness (QED) is 0.432. The number of ketones is 1. The van der Waals surface area contributed by atoms with Gasteiger partial charge < -0.3 is 15.2 Å². The lowest BCUT2D eigenvalue weighted by atomic mass is 10.0. The standard InChI is InChI=1S/C29H33N5O5S/c1-19(2)15-23(32-29(37)25-16-20-9-4-6-12-24(20)33(25)3)28(36)31-22-11-8-14-34(18-26(22)35)40(38,39)27-13-7-5-10-21(27)17-30/h4-7,9-10,12-13,16,19,22-23H,8,11,14-15,18H2,1-3H3,(H,31,36)(H,32,37)/t22-,23+/m1/s1. The Kier molecular flexibility index (Phi) is 8.71. The number of aromatic nitrogens is 1. The Bertz CT molecular complexity index is 1590. The molecule has 0 bridgehead atoms. The summed E-state index contributed by atoms with van der Waals surface area (Å²) in [7, 11) is -2.30. The second kappa shape index (κ2) is 12.0. The number of sulfonamides is 1. The van der Waals surface area contributed by atoms with Crippen LogP contribution in [0.15, 0.2) is 59.5 Å². The molecule has 0 spiro atoms. The summed E-state index contributed by atoms with van der Waals surface area (Å²) in [5.74, 6) is -1.27. The van der Waals surface area contributed by atoms with Gasteiger partial charge in [-0.3, -0.25) is 14.4 Å².